The smallest absolute Gasteiger partial charge is 0.387 e. The van der Waals surface area contributed by atoms with E-state index in [-0.39, 0.29) is 42.4 Å². The molecule has 2 atom stereocenters. The fraction of sp³-hybridized carbons (Fsp3) is 0.368. The van der Waals surface area contributed by atoms with Crippen molar-refractivity contribution in [3.8, 4) is 17.2 Å². The maximum Gasteiger partial charge on any atom is 0.387 e. The molecule has 1 aromatic carbocycles. The predicted molar refractivity (Wildman–Crippen MR) is 112 cm³/mol. The Balaban J connectivity index is 1.61. The Labute approximate surface area is 185 Å². The van der Waals surface area contributed by atoms with Crippen molar-refractivity contribution in [3.63, 3.8) is 0 Å². The largest absolute Gasteiger partial charge is 0.435 e. The van der Waals surface area contributed by atoms with Crippen molar-refractivity contribution in [1.29, 1.82) is 0 Å². The van der Waals surface area contributed by atoms with Gasteiger partial charge in [0.25, 0.3) is 0 Å². The van der Waals surface area contributed by atoms with Gasteiger partial charge in [0.15, 0.2) is 5.13 Å². The van der Waals surface area contributed by atoms with Crippen LogP contribution in [0.4, 0.5) is 24.7 Å². The van der Waals surface area contributed by atoms with Crippen molar-refractivity contribution in [2.45, 2.75) is 32.0 Å². The molecule has 0 bridgehead atoms. The summed E-state index contributed by atoms with van der Waals surface area (Å²) in [4.78, 5) is 18.8. The quantitative estimate of drug-likeness (QED) is 0.506. The van der Waals surface area contributed by atoms with Gasteiger partial charge in [-0.05, 0) is 25.1 Å². The van der Waals surface area contributed by atoms with Crippen LogP contribution < -0.4 is 20.3 Å². The van der Waals surface area contributed by atoms with E-state index in [0.29, 0.717) is 17.1 Å². The van der Waals surface area contributed by atoms with Gasteiger partial charge in [0.05, 0.1) is 29.3 Å². The molecule has 13 heteroatoms. The minimum Gasteiger partial charge on any atom is -0.435 e. The number of carbonyl (C=O) groups is 1. The number of amides is 2. The van der Waals surface area contributed by atoms with Gasteiger partial charge < -0.3 is 24.5 Å². The molecule has 0 fully saturated rings. The average molecular weight is 466 g/mol. The maximum absolute atomic E-state index is 12.5. The predicted octanol–water partition coefficient (Wildman–Crippen LogP) is 3.03. The molecule has 170 valence electrons. The number of nitrogens with one attached hydrogen (secondary N) is 2. The molecule has 1 aliphatic rings. The number of benzene rings is 1. The van der Waals surface area contributed by atoms with Crippen LogP contribution in [-0.2, 0) is 6.42 Å². The van der Waals surface area contributed by atoms with Gasteiger partial charge >= 0.3 is 18.7 Å². The lowest BCUT2D eigenvalue weighted by molar-refractivity contribution is -0.0498. The molecule has 3 N–H and O–H groups in total. The molecular weight excluding hydrogens is 446 g/mol. The number of fused-ring (bicyclic) bond motifs is 1. The van der Waals surface area contributed by atoms with Gasteiger partial charge in [-0.25, -0.2) is 9.78 Å². The second-order valence-corrected chi connectivity index (χ2v) is 7.98. The lowest BCUT2D eigenvalue weighted by atomic mass is 10.00. The second-order valence-electron chi connectivity index (χ2n) is 6.95. The fourth-order valence-corrected chi connectivity index (χ4v) is 4.57. The highest BCUT2D eigenvalue weighted by atomic mass is 32.1. The van der Waals surface area contributed by atoms with E-state index in [0.717, 1.165) is 10.6 Å². The van der Waals surface area contributed by atoms with Crippen LogP contribution in [0.1, 0.15) is 23.5 Å². The van der Waals surface area contributed by atoms with E-state index in [4.69, 9.17) is 4.42 Å². The van der Waals surface area contributed by atoms with Crippen LogP contribution in [0.2, 0.25) is 0 Å². The molecule has 0 aliphatic carbocycles. The Morgan fingerprint density at radius 2 is 2.25 bits per heavy atom. The van der Waals surface area contributed by atoms with E-state index < -0.39 is 6.61 Å². The highest BCUT2D eigenvalue weighted by Crippen LogP contribution is 2.41. The van der Waals surface area contributed by atoms with Gasteiger partial charge in [-0.3, -0.25) is 5.32 Å². The summed E-state index contributed by atoms with van der Waals surface area (Å²) in [6, 6.07) is 5.11. The summed E-state index contributed by atoms with van der Waals surface area (Å²) < 4.78 is 35.3. The number of halogens is 2. The van der Waals surface area contributed by atoms with Gasteiger partial charge in [0, 0.05) is 19.0 Å². The summed E-state index contributed by atoms with van der Waals surface area (Å²) in [5, 5.41) is 23.7. The molecule has 10 nitrogen and oxygen atoms in total. The lowest BCUT2D eigenvalue weighted by Gasteiger charge is -2.37. The molecule has 0 saturated heterocycles. The fourth-order valence-electron chi connectivity index (χ4n) is 3.53. The highest BCUT2D eigenvalue weighted by Gasteiger charge is 2.37. The Morgan fingerprint density at radius 1 is 1.44 bits per heavy atom. The zero-order valence-electron chi connectivity index (χ0n) is 17.1. The van der Waals surface area contributed by atoms with Crippen molar-refractivity contribution in [3.05, 3.63) is 34.8 Å². The van der Waals surface area contributed by atoms with Gasteiger partial charge in [-0.1, -0.05) is 22.5 Å². The van der Waals surface area contributed by atoms with Crippen LogP contribution in [0, 0.1) is 0 Å². The SMILES string of the molecule is CNC(=O)Nc1nc2c(s1)[C@H](C)N(c1nnc(-c3cccc(OC(F)F)c3)o1)[C@H](CO)C2. The van der Waals surface area contributed by atoms with Gasteiger partial charge in [0.1, 0.15) is 5.75 Å². The maximum atomic E-state index is 12.5. The van der Waals surface area contributed by atoms with Gasteiger partial charge in [-0.15, -0.1) is 5.10 Å². The van der Waals surface area contributed by atoms with E-state index in [1.807, 2.05) is 6.92 Å². The summed E-state index contributed by atoms with van der Waals surface area (Å²) in [6.45, 7) is -1.22. The number of alkyl halides is 2. The molecule has 0 spiro atoms. The summed E-state index contributed by atoms with van der Waals surface area (Å²) in [5.74, 6) is 0.1000. The third kappa shape index (κ3) is 4.34. The number of nitrogens with zero attached hydrogens (tertiary/aromatic N) is 4. The van der Waals surface area contributed by atoms with Crippen molar-refractivity contribution in [1.82, 2.24) is 20.5 Å². The normalized spacial score (nSPS) is 17.9. The highest BCUT2D eigenvalue weighted by molar-refractivity contribution is 7.16. The number of aromatic nitrogens is 3. The molecule has 3 aromatic rings. The minimum absolute atomic E-state index is 0.0257. The van der Waals surface area contributed by atoms with Crippen molar-refractivity contribution < 1.29 is 27.8 Å². The number of ether oxygens (including phenoxy) is 1. The monoisotopic (exact) mass is 466 g/mol. The molecule has 2 amide bonds. The molecule has 1 aliphatic heterocycles. The first kappa shape index (κ1) is 21.9. The molecule has 4 rings (SSSR count). The first-order chi connectivity index (χ1) is 15.4. The first-order valence-corrected chi connectivity index (χ1v) is 10.5. The van der Waals surface area contributed by atoms with Crippen molar-refractivity contribution >= 4 is 28.5 Å². The Kier molecular flexibility index (Phi) is 6.19. The third-order valence-corrected chi connectivity index (χ3v) is 6.13. The number of thiazole rings is 1. The molecule has 0 unspecified atom stereocenters. The zero-order valence-corrected chi connectivity index (χ0v) is 17.9. The van der Waals surface area contributed by atoms with Crippen molar-refractivity contribution in [2.24, 2.45) is 0 Å². The molecule has 0 saturated carbocycles. The molecular formula is C19H20F2N6O4S. The van der Waals surface area contributed by atoms with Crippen LogP contribution in [0.5, 0.6) is 5.75 Å². The van der Waals surface area contributed by atoms with Gasteiger partial charge in [0.2, 0.25) is 5.89 Å². The number of urea groups is 1. The summed E-state index contributed by atoms with van der Waals surface area (Å²) in [7, 11) is 1.51. The molecule has 0 radical (unpaired) electrons. The molecule has 3 heterocycles. The van der Waals surface area contributed by atoms with E-state index in [1.165, 1.54) is 30.5 Å². The van der Waals surface area contributed by atoms with Crippen LogP contribution in [0.25, 0.3) is 11.5 Å². The number of carbonyl (C=O) groups excluding carboxylic acids is 1. The Hall–Kier alpha value is -3.32. The van der Waals surface area contributed by atoms with E-state index in [2.05, 4.69) is 30.6 Å². The number of rotatable bonds is 6. The number of hydrogen-bond acceptors (Lipinski definition) is 9. The minimum atomic E-state index is -2.95. The summed E-state index contributed by atoms with van der Waals surface area (Å²) >= 11 is 1.33. The third-order valence-electron chi connectivity index (χ3n) is 4.95. The molecule has 2 aromatic heterocycles. The summed E-state index contributed by atoms with van der Waals surface area (Å²) in [5.41, 5.74) is 1.20. The molecule has 32 heavy (non-hydrogen) atoms. The van der Waals surface area contributed by atoms with E-state index in [1.54, 1.807) is 17.0 Å². The lowest BCUT2D eigenvalue weighted by Crippen LogP contribution is -2.45. The van der Waals surface area contributed by atoms with Crippen LogP contribution in [-0.4, -0.2) is 52.6 Å². The van der Waals surface area contributed by atoms with E-state index in [9.17, 15) is 18.7 Å². The number of aliphatic hydroxyl groups is 1. The number of anilines is 2. The van der Waals surface area contributed by atoms with Crippen LogP contribution >= 0.6 is 11.3 Å². The average Bonchev–Trinajstić information content (AvgIpc) is 3.40. The Morgan fingerprint density at radius 3 is 2.97 bits per heavy atom. The van der Waals surface area contributed by atoms with Crippen LogP contribution in [0.15, 0.2) is 28.7 Å². The Bertz CT molecular complexity index is 1110. The second kappa shape index (κ2) is 9.04. The summed E-state index contributed by atoms with van der Waals surface area (Å²) in [6.07, 6.45) is 0.414. The topological polar surface area (TPSA) is 126 Å². The van der Waals surface area contributed by atoms with Gasteiger partial charge in [-0.2, -0.15) is 8.78 Å². The number of aliphatic hydroxyl groups excluding tert-OH is 1. The number of hydrogen-bond donors (Lipinski definition) is 3. The van der Waals surface area contributed by atoms with Crippen LogP contribution in [0.3, 0.4) is 0 Å². The van der Waals surface area contributed by atoms with Crippen molar-refractivity contribution in [2.75, 3.05) is 23.9 Å². The first-order valence-electron chi connectivity index (χ1n) is 9.65. The van der Waals surface area contributed by atoms with E-state index >= 15 is 0 Å². The zero-order chi connectivity index (χ0) is 22.8. The standard InChI is InChI=1S/C19H20F2N6O4S/c1-9-14-13(23-18(32-14)24-17(29)22-2)7-11(8-28)27(9)19-26-25-15(31-19)10-4-3-5-12(6-10)30-16(20)21/h3-6,9,11,16,28H,7-8H2,1-2H3,(H2,22,23,24,29)/t9-,11-/m0/s1.